The van der Waals surface area contributed by atoms with E-state index in [2.05, 4.69) is 5.32 Å². The van der Waals surface area contributed by atoms with Gasteiger partial charge in [-0.2, -0.15) is 0 Å². The number of hydrogen-bond donors (Lipinski definition) is 2. The third-order valence-corrected chi connectivity index (χ3v) is 2.88. The molecule has 1 saturated heterocycles. The molecule has 0 bridgehead atoms. The van der Waals surface area contributed by atoms with Gasteiger partial charge in [-0.05, 0) is 6.92 Å². The van der Waals surface area contributed by atoms with Crippen LogP contribution in [0.25, 0.3) is 0 Å². The largest absolute Gasteiger partial charge is 0.480 e. The summed E-state index contributed by atoms with van der Waals surface area (Å²) in [6.07, 6.45) is 0.127. The van der Waals surface area contributed by atoms with Crippen LogP contribution < -0.4 is 5.32 Å². The third-order valence-electron chi connectivity index (χ3n) is 2.88. The molecule has 2 atom stereocenters. The number of carboxylic acid groups (broad SMARTS) is 1. The van der Waals surface area contributed by atoms with Crippen LogP contribution in [0, 0.1) is 5.92 Å². The number of methoxy groups -OCH3 is 1. The van der Waals surface area contributed by atoms with Gasteiger partial charge >= 0.3 is 5.97 Å². The summed E-state index contributed by atoms with van der Waals surface area (Å²) in [6.45, 7) is 2.58. The van der Waals surface area contributed by atoms with Crippen LogP contribution >= 0.6 is 0 Å². The van der Waals surface area contributed by atoms with Gasteiger partial charge in [0, 0.05) is 26.6 Å². The monoisotopic (exact) mass is 258 g/mol. The lowest BCUT2D eigenvalue weighted by Crippen LogP contribution is -2.42. The Bertz CT molecular complexity index is 344. The second-order valence-electron chi connectivity index (χ2n) is 4.30. The van der Waals surface area contributed by atoms with Crippen molar-refractivity contribution in [3.05, 3.63) is 0 Å². The first kappa shape index (κ1) is 14.4. The fourth-order valence-electron chi connectivity index (χ4n) is 1.76. The highest BCUT2D eigenvalue weighted by Gasteiger charge is 2.34. The Morgan fingerprint density at radius 3 is 2.83 bits per heavy atom. The van der Waals surface area contributed by atoms with Crippen LogP contribution in [-0.2, 0) is 19.1 Å². The first-order valence-corrected chi connectivity index (χ1v) is 5.75. The van der Waals surface area contributed by atoms with Gasteiger partial charge in [0.25, 0.3) is 0 Å². The maximum absolute atomic E-state index is 11.7. The van der Waals surface area contributed by atoms with Crippen molar-refractivity contribution in [1.29, 1.82) is 0 Å². The number of carbonyl (C=O) groups excluding carboxylic acids is 2. The Labute approximate surface area is 105 Å². The quantitative estimate of drug-likeness (QED) is 0.641. The molecule has 7 heteroatoms. The molecular formula is C11H18N2O5. The van der Waals surface area contributed by atoms with Crippen LogP contribution in [0.3, 0.4) is 0 Å². The number of nitrogens with zero attached hydrogens (tertiary/aromatic N) is 1. The molecule has 2 N–H and O–H groups in total. The summed E-state index contributed by atoms with van der Waals surface area (Å²) in [5.74, 6) is -2.06. The highest BCUT2D eigenvalue weighted by molar-refractivity contribution is 5.91. The number of likely N-dealkylation sites (tertiary alicyclic amines) is 1. The molecule has 0 spiro atoms. The molecule has 0 unspecified atom stereocenters. The van der Waals surface area contributed by atoms with Crippen LogP contribution in [0.1, 0.15) is 13.3 Å². The lowest BCUT2D eigenvalue weighted by atomic mass is 10.1. The number of hydrogen-bond acceptors (Lipinski definition) is 4. The average Bonchev–Trinajstić information content (AvgIpc) is 2.68. The Kier molecular flexibility index (Phi) is 5.08. The molecule has 0 aromatic heterocycles. The molecule has 2 amide bonds. The highest BCUT2D eigenvalue weighted by atomic mass is 16.5. The standard InChI is InChI=1S/C11H18N2O5/c1-7(11(16)17)12-10(15)8-5-9(14)13(6-8)3-4-18-2/h7-8H,3-6H2,1-2H3,(H,12,15)(H,16,17)/t7-,8-/m0/s1. The fraction of sp³-hybridized carbons (Fsp3) is 0.727. The zero-order chi connectivity index (χ0) is 13.7. The van der Waals surface area contributed by atoms with Gasteiger partial charge in [-0.25, -0.2) is 0 Å². The van der Waals surface area contributed by atoms with Gasteiger partial charge in [0.2, 0.25) is 11.8 Å². The molecule has 102 valence electrons. The van der Waals surface area contributed by atoms with E-state index in [1.807, 2.05) is 0 Å². The van der Waals surface area contributed by atoms with Crippen molar-refractivity contribution in [2.24, 2.45) is 5.92 Å². The molecule has 1 aliphatic heterocycles. The second-order valence-corrected chi connectivity index (χ2v) is 4.30. The van der Waals surface area contributed by atoms with Crippen LogP contribution in [0.4, 0.5) is 0 Å². The number of ether oxygens (including phenoxy) is 1. The summed E-state index contributed by atoms with van der Waals surface area (Å²) in [5.41, 5.74) is 0. The first-order valence-electron chi connectivity index (χ1n) is 5.75. The summed E-state index contributed by atoms with van der Waals surface area (Å²) in [4.78, 5) is 35.5. The molecule has 7 nitrogen and oxygen atoms in total. The average molecular weight is 258 g/mol. The van der Waals surface area contributed by atoms with Crippen molar-refractivity contribution in [2.45, 2.75) is 19.4 Å². The number of nitrogens with one attached hydrogen (secondary N) is 1. The van der Waals surface area contributed by atoms with E-state index in [1.54, 1.807) is 12.0 Å². The Balaban J connectivity index is 2.47. The maximum atomic E-state index is 11.7. The predicted molar refractivity (Wildman–Crippen MR) is 61.8 cm³/mol. The summed E-state index contributed by atoms with van der Waals surface area (Å²) >= 11 is 0. The van der Waals surface area contributed by atoms with E-state index >= 15 is 0 Å². The molecule has 0 aromatic rings. The molecule has 18 heavy (non-hydrogen) atoms. The van der Waals surface area contributed by atoms with Gasteiger partial charge in [-0.1, -0.05) is 0 Å². The maximum Gasteiger partial charge on any atom is 0.325 e. The van der Waals surface area contributed by atoms with Crippen molar-refractivity contribution in [2.75, 3.05) is 26.8 Å². The minimum absolute atomic E-state index is 0.102. The van der Waals surface area contributed by atoms with Crippen LogP contribution in [0.2, 0.25) is 0 Å². The van der Waals surface area contributed by atoms with Gasteiger partial charge < -0.3 is 20.1 Å². The number of carbonyl (C=O) groups is 3. The van der Waals surface area contributed by atoms with E-state index in [9.17, 15) is 14.4 Å². The number of rotatable bonds is 6. The SMILES string of the molecule is COCCN1C[C@@H](C(=O)N[C@@H](C)C(=O)O)CC1=O. The fourth-order valence-corrected chi connectivity index (χ4v) is 1.76. The Morgan fingerprint density at radius 2 is 2.28 bits per heavy atom. The van der Waals surface area contributed by atoms with E-state index < -0.39 is 23.8 Å². The lowest BCUT2D eigenvalue weighted by molar-refractivity contribution is -0.141. The normalized spacial score (nSPS) is 20.9. The van der Waals surface area contributed by atoms with E-state index in [4.69, 9.17) is 9.84 Å². The zero-order valence-electron chi connectivity index (χ0n) is 10.5. The molecule has 0 saturated carbocycles. The van der Waals surface area contributed by atoms with Gasteiger partial charge in [0.15, 0.2) is 0 Å². The third kappa shape index (κ3) is 3.69. The van der Waals surface area contributed by atoms with Gasteiger partial charge in [-0.15, -0.1) is 0 Å². The highest BCUT2D eigenvalue weighted by Crippen LogP contribution is 2.17. The summed E-state index contributed by atoms with van der Waals surface area (Å²) in [6, 6.07) is -0.944. The molecule has 1 heterocycles. The molecule has 1 rings (SSSR count). The zero-order valence-corrected chi connectivity index (χ0v) is 10.5. The van der Waals surface area contributed by atoms with Crippen molar-refractivity contribution in [3.8, 4) is 0 Å². The smallest absolute Gasteiger partial charge is 0.325 e. The molecule has 1 aliphatic rings. The second kappa shape index (κ2) is 6.34. The Morgan fingerprint density at radius 1 is 1.61 bits per heavy atom. The summed E-state index contributed by atoms with van der Waals surface area (Å²) < 4.78 is 4.87. The van der Waals surface area contributed by atoms with Gasteiger partial charge in [0.1, 0.15) is 6.04 Å². The Hall–Kier alpha value is -1.63. The van der Waals surface area contributed by atoms with E-state index in [1.165, 1.54) is 6.92 Å². The van der Waals surface area contributed by atoms with Crippen molar-refractivity contribution < 1.29 is 24.2 Å². The first-order chi connectivity index (χ1) is 8.45. The minimum atomic E-state index is -1.09. The van der Waals surface area contributed by atoms with E-state index in [-0.39, 0.29) is 12.3 Å². The van der Waals surface area contributed by atoms with Crippen molar-refractivity contribution in [3.63, 3.8) is 0 Å². The lowest BCUT2D eigenvalue weighted by Gasteiger charge is -2.16. The molecule has 0 radical (unpaired) electrons. The molecule has 0 aromatic carbocycles. The number of carboxylic acids is 1. The minimum Gasteiger partial charge on any atom is -0.480 e. The number of amides is 2. The summed E-state index contributed by atoms with van der Waals surface area (Å²) in [5, 5.41) is 11.1. The molecular weight excluding hydrogens is 240 g/mol. The van der Waals surface area contributed by atoms with Crippen molar-refractivity contribution in [1.82, 2.24) is 10.2 Å². The van der Waals surface area contributed by atoms with Crippen LogP contribution in [0.5, 0.6) is 0 Å². The topological polar surface area (TPSA) is 95.9 Å². The van der Waals surface area contributed by atoms with Crippen LogP contribution in [-0.4, -0.2) is 60.6 Å². The molecule has 0 aliphatic carbocycles. The number of aliphatic carboxylic acids is 1. The van der Waals surface area contributed by atoms with E-state index in [0.29, 0.717) is 19.7 Å². The predicted octanol–water partition coefficient (Wildman–Crippen LogP) is -0.929. The summed E-state index contributed by atoms with van der Waals surface area (Å²) in [7, 11) is 1.54. The van der Waals surface area contributed by atoms with Crippen LogP contribution in [0.15, 0.2) is 0 Å². The van der Waals surface area contributed by atoms with Gasteiger partial charge in [-0.3, -0.25) is 14.4 Å². The van der Waals surface area contributed by atoms with Crippen molar-refractivity contribution >= 4 is 17.8 Å². The van der Waals surface area contributed by atoms with Gasteiger partial charge in [0.05, 0.1) is 12.5 Å². The van der Waals surface area contributed by atoms with E-state index in [0.717, 1.165) is 0 Å². The molecule has 1 fully saturated rings.